The molecule has 0 amide bonds. The Hall–Kier alpha value is -3.46. The van der Waals surface area contributed by atoms with Gasteiger partial charge in [0, 0.05) is 12.7 Å². The molecule has 7 nitrogen and oxygen atoms in total. The van der Waals surface area contributed by atoms with Crippen LogP contribution in [0.4, 0.5) is 0 Å². The van der Waals surface area contributed by atoms with Gasteiger partial charge in [0.2, 0.25) is 5.12 Å². The molecule has 0 bridgehead atoms. The predicted molar refractivity (Wildman–Crippen MR) is 130 cm³/mol. The zero-order valence-corrected chi connectivity index (χ0v) is 19.8. The van der Waals surface area contributed by atoms with Crippen molar-refractivity contribution >= 4 is 28.8 Å². The third-order valence-corrected chi connectivity index (χ3v) is 6.55. The van der Waals surface area contributed by atoms with E-state index in [1.54, 1.807) is 84.9 Å². The van der Waals surface area contributed by atoms with Gasteiger partial charge in [0.05, 0.1) is 23.0 Å². The Bertz CT molecular complexity index is 1140. The summed E-state index contributed by atoms with van der Waals surface area (Å²) in [5.41, 5.74) is 1.15. The molecule has 0 N–H and O–H groups in total. The van der Waals surface area contributed by atoms with Crippen molar-refractivity contribution < 1.29 is 33.3 Å². The molecule has 1 heterocycles. The Morgan fingerprint density at radius 3 is 1.66 bits per heavy atom. The van der Waals surface area contributed by atoms with Crippen molar-refractivity contribution in [2.45, 2.75) is 23.7 Å². The van der Waals surface area contributed by atoms with Crippen molar-refractivity contribution in [1.82, 2.24) is 0 Å². The lowest BCUT2D eigenvalue weighted by Gasteiger charge is -2.40. The SMILES string of the molecule is COC1OC[C@@H](SC(=O)c2ccccc2)[C@H](OC(=O)c2ccccc2)[C@H]1OC(=O)c1ccccc1. The molecule has 0 saturated carbocycles. The van der Waals surface area contributed by atoms with E-state index in [1.165, 1.54) is 7.11 Å². The number of carbonyl (C=O) groups excluding carboxylic acids is 3. The first-order valence-electron chi connectivity index (χ1n) is 11.0. The first-order valence-corrected chi connectivity index (χ1v) is 11.9. The van der Waals surface area contributed by atoms with Crippen LogP contribution in [0.1, 0.15) is 31.1 Å². The Morgan fingerprint density at radius 1 is 0.714 bits per heavy atom. The van der Waals surface area contributed by atoms with Gasteiger partial charge < -0.3 is 18.9 Å². The lowest BCUT2D eigenvalue weighted by molar-refractivity contribution is -0.229. The average molecular weight is 493 g/mol. The molecular weight excluding hydrogens is 468 g/mol. The summed E-state index contributed by atoms with van der Waals surface area (Å²) in [5.74, 6) is -1.23. The second-order valence-electron chi connectivity index (χ2n) is 7.72. The normalized spacial score (nSPS) is 21.6. The molecule has 35 heavy (non-hydrogen) atoms. The maximum atomic E-state index is 13.0. The number of esters is 2. The van der Waals surface area contributed by atoms with Crippen molar-refractivity contribution in [2.24, 2.45) is 0 Å². The van der Waals surface area contributed by atoms with Crippen LogP contribution < -0.4 is 0 Å². The Labute approximate surface area is 207 Å². The lowest BCUT2D eigenvalue weighted by Crippen LogP contribution is -2.56. The number of hydrogen-bond donors (Lipinski definition) is 0. The molecule has 1 fully saturated rings. The summed E-state index contributed by atoms with van der Waals surface area (Å²) in [6, 6.07) is 25.7. The Balaban J connectivity index is 1.62. The second-order valence-corrected chi connectivity index (χ2v) is 8.93. The third kappa shape index (κ3) is 6.16. The van der Waals surface area contributed by atoms with Crippen LogP contribution in [-0.2, 0) is 18.9 Å². The van der Waals surface area contributed by atoms with Crippen molar-refractivity contribution in [2.75, 3.05) is 13.7 Å². The first kappa shape index (κ1) is 24.7. The topological polar surface area (TPSA) is 88.1 Å². The smallest absolute Gasteiger partial charge is 0.338 e. The zero-order chi connectivity index (χ0) is 24.6. The number of methoxy groups -OCH3 is 1. The van der Waals surface area contributed by atoms with Crippen LogP contribution in [-0.4, -0.2) is 54.5 Å². The number of hydrogen-bond acceptors (Lipinski definition) is 8. The molecule has 3 aromatic carbocycles. The van der Waals surface area contributed by atoms with E-state index in [4.69, 9.17) is 18.9 Å². The molecule has 8 heteroatoms. The van der Waals surface area contributed by atoms with Crippen LogP contribution in [0.15, 0.2) is 91.0 Å². The minimum absolute atomic E-state index is 0.0495. The number of carbonyl (C=O) groups is 3. The van der Waals surface area contributed by atoms with Crippen LogP contribution in [0.25, 0.3) is 0 Å². The molecule has 0 spiro atoms. The van der Waals surface area contributed by atoms with E-state index in [0.29, 0.717) is 16.7 Å². The van der Waals surface area contributed by atoms with Gasteiger partial charge in [-0.25, -0.2) is 9.59 Å². The van der Waals surface area contributed by atoms with Crippen LogP contribution in [0, 0.1) is 0 Å². The summed E-state index contributed by atoms with van der Waals surface area (Å²) in [6.07, 6.45) is -3.10. The van der Waals surface area contributed by atoms with Gasteiger partial charge >= 0.3 is 11.9 Å². The van der Waals surface area contributed by atoms with Crippen LogP contribution in [0.2, 0.25) is 0 Å². The molecule has 4 rings (SSSR count). The first-order chi connectivity index (χ1) is 17.1. The monoisotopic (exact) mass is 492 g/mol. The summed E-state index contributed by atoms with van der Waals surface area (Å²) in [6.45, 7) is 0.0495. The van der Waals surface area contributed by atoms with Crippen molar-refractivity contribution in [3.05, 3.63) is 108 Å². The summed E-state index contributed by atoms with van der Waals surface area (Å²) in [7, 11) is 1.41. The van der Waals surface area contributed by atoms with Crippen molar-refractivity contribution in [3.8, 4) is 0 Å². The molecule has 0 radical (unpaired) electrons. The summed E-state index contributed by atoms with van der Waals surface area (Å²) in [4.78, 5) is 38.8. The number of thioether (sulfide) groups is 1. The van der Waals surface area contributed by atoms with Crippen LogP contribution in [0.5, 0.6) is 0 Å². The van der Waals surface area contributed by atoms with Crippen LogP contribution in [0.3, 0.4) is 0 Å². The summed E-state index contributed by atoms with van der Waals surface area (Å²) < 4.78 is 22.8. The third-order valence-electron chi connectivity index (χ3n) is 5.39. The summed E-state index contributed by atoms with van der Waals surface area (Å²) >= 11 is 0.970. The molecular formula is C27H24O7S. The lowest BCUT2D eigenvalue weighted by atomic mass is 10.1. The minimum atomic E-state index is -1.10. The van der Waals surface area contributed by atoms with Gasteiger partial charge in [0.1, 0.15) is 0 Å². The highest BCUT2D eigenvalue weighted by atomic mass is 32.2. The Morgan fingerprint density at radius 2 is 1.17 bits per heavy atom. The molecule has 1 saturated heterocycles. The fraction of sp³-hybridized carbons (Fsp3) is 0.222. The van der Waals surface area contributed by atoms with Gasteiger partial charge in [0.15, 0.2) is 18.5 Å². The van der Waals surface area contributed by atoms with Gasteiger partial charge in [-0.2, -0.15) is 0 Å². The molecule has 1 aliphatic heterocycles. The van der Waals surface area contributed by atoms with Gasteiger partial charge in [-0.05, 0) is 24.3 Å². The quantitative estimate of drug-likeness (QED) is 0.449. The standard InChI is InChI=1S/C27H24O7S/c1-31-27-23(34-25(29)19-13-7-3-8-14-19)22(33-24(28)18-11-5-2-6-12-18)21(17-32-27)35-26(30)20-15-9-4-10-16-20/h2-16,21-23,27H,17H2,1H3/t21-,22+,23-,27?/m1/s1. The fourth-order valence-corrected chi connectivity index (χ4v) is 4.66. The molecule has 0 aromatic heterocycles. The van der Waals surface area contributed by atoms with Gasteiger partial charge in [-0.1, -0.05) is 78.5 Å². The summed E-state index contributed by atoms with van der Waals surface area (Å²) in [5, 5.41) is -0.862. The number of rotatable bonds is 7. The molecule has 180 valence electrons. The molecule has 0 aliphatic carbocycles. The minimum Gasteiger partial charge on any atom is -0.453 e. The van der Waals surface area contributed by atoms with E-state index in [0.717, 1.165) is 11.8 Å². The van der Waals surface area contributed by atoms with E-state index in [1.807, 2.05) is 6.07 Å². The van der Waals surface area contributed by atoms with E-state index in [9.17, 15) is 14.4 Å². The van der Waals surface area contributed by atoms with Gasteiger partial charge in [-0.15, -0.1) is 0 Å². The predicted octanol–water partition coefficient (Wildman–Crippen LogP) is 4.38. The number of ether oxygens (including phenoxy) is 4. The maximum absolute atomic E-state index is 13.0. The van der Waals surface area contributed by atoms with E-state index >= 15 is 0 Å². The molecule has 3 aromatic rings. The molecule has 4 atom stereocenters. The van der Waals surface area contributed by atoms with Gasteiger partial charge in [0.25, 0.3) is 0 Å². The van der Waals surface area contributed by atoms with E-state index < -0.39 is 35.7 Å². The average Bonchev–Trinajstić information content (AvgIpc) is 2.91. The fourth-order valence-electron chi connectivity index (χ4n) is 3.63. The zero-order valence-electron chi connectivity index (χ0n) is 18.9. The van der Waals surface area contributed by atoms with E-state index in [2.05, 4.69) is 0 Å². The van der Waals surface area contributed by atoms with Crippen LogP contribution >= 0.6 is 11.8 Å². The van der Waals surface area contributed by atoms with Crippen molar-refractivity contribution in [3.63, 3.8) is 0 Å². The van der Waals surface area contributed by atoms with E-state index in [-0.39, 0.29) is 11.7 Å². The highest BCUT2D eigenvalue weighted by molar-refractivity contribution is 8.14. The highest BCUT2D eigenvalue weighted by Gasteiger charge is 2.47. The largest absolute Gasteiger partial charge is 0.453 e. The number of benzene rings is 3. The van der Waals surface area contributed by atoms with Crippen molar-refractivity contribution in [1.29, 1.82) is 0 Å². The molecule has 1 aliphatic rings. The molecule has 1 unspecified atom stereocenters. The maximum Gasteiger partial charge on any atom is 0.338 e. The van der Waals surface area contributed by atoms with Gasteiger partial charge in [-0.3, -0.25) is 4.79 Å². The Kier molecular flexibility index (Phi) is 8.31. The second kappa shape index (κ2) is 11.8. The highest BCUT2D eigenvalue weighted by Crippen LogP contribution is 2.32.